The van der Waals surface area contributed by atoms with Crippen LogP contribution in [0.3, 0.4) is 0 Å². The number of nitrogens with zero attached hydrogens (tertiary/aromatic N) is 1. The summed E-state index contributed by atoms with van der Waals surface area (Å²) in [5.41, 5.74) is 0.277. The fourth-order valence-corrected chi connectivity index (χ4v) is 3.55. The Morgan fingerprint density at radius 3 is 2.61 bits per heavy atom. The van der Waals surface area contributed by atoms with Crippen LogP contribution in [0.15, 0.2) is 34.0 Å². The zero-order valence-corrected chi connectivity index (χ0v) is 14.1. The van der Waals surface area contributed by atoms with E-state index < -0.39 is 23.5 Å². The number of carboxylic acids is 1. The van der Waals surface area contributed by atoms with Gasteiger partial charge in [0.2, 0.25) is 5.78 Å². The van der Waals surface area contributed by atoms with Crippen LogP contribution in [0.25, 0.3) is 0 Å². The number of furan rings is 1. The van der Waals surface area contributed by atoms with E-state index in [1.807, 2.05) is 13.8 Å². The average molecular weight is 337 g/mol. The summed E-state index contributed by atoms with van der Waals surface area (Å²) in [5.74, 6) is -1.62. The highest BCUT2D eigenvalue weighted by Crippen LogP contribution is 2.36. The van der Waals surface area contributed by atoms with Gasteiger partial charge in [0, 0.05) is 17.7 Å². The van der Waals surface area contributed by atoms with Gasteiger partial charge in [0.15, 0.2) is 5.76 Å². The number of carboxylic acid groups (broad SMARTS) is 1. The van der Waals surface area contributed by atoms with Crippen molar-refractivity contribution < 1.29 is 23.9 Å². The Hall–Kier alpha value is -2.02. The second-order valence-corrected chi connectivity index (χ2v) is 6.63. The molecule has 0 fully saturated rings. The van der Waals surface area contributed by atoms with Gasteiger partial charge in [0.05, 0.1) is 12.7 Å². The predicted molar refractivity (Wildman–Crippen MR) is 86.2 cm³/mol. The third-order valence-electron chi connectivity index (χ3n) is 3.48. The van der Waals surface area contributed by atoms with Crippen molar-refractivity contribution >= 4 is 29.4 Å². The van der Waals surface area contributed by atoms with Gasteiger partial charge in [-0.1, -0.05) is 13.8 Å². The van der Waals surface area contributed by atoms with E-state index >= 15 is 0 Å². The molecule has 1 aliphatic rings. The monoisotopic (exact) mass is 337 g/mol. The molecule has 0 aliphatic carbocycles. The number of Topliss-reactive ketones (excluding diaryl/α,β-unsaturated/α-hetero) is 1. The molecule has 0 saturated carbocycles. The van der Waals surface area contributed by atoms with Crippen molar-refractivity contribution in [1.82, 2.24) is 4.90 Å². The maximum atomic E-state index is 12.7. The molecule has 1 aliphatic heterocycles. The van der Waals surface area contributed by atoms with E-state index in [2.05, 4.69) is 0 Å². The van der Waals surface area contributed by atoms with E-state index in [1.165, 1.54) is 24.1 Å². The van der Waals surface area contributed by atoms with Crippen molar-refractivity contribution in [2.24, 2.45) is 5.92 Å². The molecule has 0 saturated heterocycles. The van der Waals surface area contributed by atoms with Gasteiger partial charge in [0.1, 0.15) is 5.37 Å². The second-order valence-electron chi connectivity index (χ2n) is 5.71. The Balaban J connectivity index is 2.48. The van der Waals surface area contributed by atoms with Crippen molar-refractivity contribution in [3.63, 3.8) is 0 Å². The maximum Gasteiger partial charge on any atom is 0.308 e. The molecule has 2 heterocycles. The summed E-state index contributed by atoms with van der Waals surface area (Å²) in [7, 11) is 0. The Morgan fingerprint density at radius 2 is 2.13 bits per heavy atom. The molecule has 7 heteroatoms. The first-order chi connectivity index (χ1) is 10.9. The number of aliphatic carboxylic acids is 1. The SMILES string of the molecule is CSC1C(C(=O)c2ccco2)=C(CC(=O)O)C(=O)N1CC(C)C. The summed E-state index contributed by atoms with van der Waals surface area (Å²) >= 11 is 1.34. The number of rotatable bonds is 7. The van der Waals surface area contributed by atoms with E-state index in [0.717, 1.165) is 0 Å². The minimum Gasteiger partial charge on any atom is -0.481 e. The Bertz CT molecular complexity index is 647. The number of carbonyl (C=O) groups excluding carboxylic acids is 2. The number of amides is 1. The molecule has 1 atom stereocenters. The van der Waals surface area contributed by atoms with Crippen LogP contribution in [0.4, 0.5) is 0 Å². The van der Waals surface area contributed by atoms with Crippen molar-refractivity contribution in [2.45, 2.75) is 25.6 Å². The van der Waals surface area contributed by atoms with Crippen LogP contribution >= 0.6 is 11.8 Å². The normalized spacial score (nSPS) is 18.2. The Morgan fingerprint density at radius 1 is 1.43 bits per heavy atom. The van der Waals surface area contributed by atoms with E-state index in [1.54, 1.807) is 17.2 Å². The molecular weight excluding hydrogens is 318 g/mol. The molecule has 1 amide bonds. The fourth-order valence-electron chi connectivity index (χ4n) is 2.63. The largest absolute Gasteiger partial charge is 0.481 e. The fraction of sp³-hybridized carbons (Fsp3) is 0.438. The van der Waals surface area contributed by atoms with Crippen molar-refractivity contribution in [3.05, 3.63) is 35.3 Å². The maximum absolute atomic E-state index is 12.7. The van der Waals surface area contributed by atoms with Crippen LogP contribution in [0.5, 0.6) is 0 Å². The molecule has 23 heavy (non-hydrogen) atoms. The van der Waals surface area contributed by atoms with Crippen molar-refractivity contribution in [2.75, 3.05) is 12.8 Å². The molecule has 1 aromatic rings. The second kappa shape index (κ2) is 7.04. The molecule has 1 N–H and O–H groups in total. The standard InChI is InChI=1S/C16H19NO5S/c1-9(2)8-17-15(21)10(7-12(18)19)13(16(17)23-3)14(20)11-5-4-6-22-11/h4-6,9,16H,7-8H2,1-3H3,(H,18,19). The summed E-state index contributed by atoms with van der Waals surface area (Å²) in [6.07, 6.45) is 2.71. The zero-order chi connectivity index (χ0) is 17.1. The number of hydrogen-bond acceptors (Lipinski definition) is 5. The summed E-state index contributed by atoms with van der Waals surface area (Å²) in [6, 6.07) is 3.10. The highest BCUT2D eigenvalue weighted by atomic mass is 32.2. The first-order valence-corrected chi connectivity index (χ1v) is 8.52. The van der Waals surface area contributed by atoms with Crippen LogP contribution < -0.4 is 0 Å². The van der Waals surface area contributed by atoms with Gasteiger partial charge in [-0.05, 0) is 24.3 Å². The lowest BCUT2D eigenvalue weighted by Crippen LogP contribution is -2.37. The third kappa shape index (κ3) is 3.50. The van der Waals surface area contributed by atoms with Gasteiger partial charge < -0.3 is 14.4 Å². The molecular formula is C16H19NO5S. The van der Waals surface area contributed by atoms with Gasteiger partial charge in [0.25, 0.3) is 5.91 Å². The van der Waals surface area contributed by atoms with Crippen LogP contribution in [0, 0.1) is 5.92 Å². The number of hydrogen-bond donors (Lipinski definition) is 1. The number of thioether (sulfide) groups is 1. The van der Waals surface area contributed by atoms with E-state index in [-0.39, 0.29) is 28.7 Å². The minimum absolute atomic E-state index is 0.0545. The van der Waals surface area contributed by atoms with Gasteiger partial charge >= 0.3 is 5.97 Å². The van der Waals surface area contributed by atoms with E-state index in [4.69, 9.17) is 9.52 Å². The molecule has 0 radical (unpaired) electrons. The van der Waals surface area contributed by atoms with Crippen LogP contribution in [-0.2, 0) is 9.59 Å². The van der Waals surface area contributed by atoms with Crippen molar-refractivity contribution in [3.8, 4) is 0 Å². The molecule has 124 valence electrons. The molecule has 2 rings (SSSR count). The van der Waals surface area contributed by atoms with Crippen molar-refractivity contribution in [1.29, 1.82) is 0 Å². The lowest BCUT2D eigenvalue weighted by Gasteiger charge is -2.26. The summed E-state index contributed by atoms with van der Waals surface area (Å²) < 4.78 is 5.14. The van der Waals surface area contributed by atoms with E-state index in [0.29, 0.717) is 6.54 Å². The number of carbonyl (C=O) groups is 3. The minimum atomic E-state index is -1.13. The predicted octanol–water partition coefficient (Wildman–Crippen LogP) is 2.42. The van der Waals surface area contributed by atoms with E-state index in [9.17, 15) is 14.4 Å². The first-order valence-electron chi connectivity index (χ1n) is 7.23. The molecule has 0 aromatic carbocycles. The third-order valence-corrected chi connectivity index (χ3v) is 4.41. The Labute approximate surface area is 138 Å². The van der Waals surface area contributed by atoms with Gasteiger partial charge in [-0.15, -0.1) is 11.8 Å². The smallest absolute Gasteiger partial charge is 0.308 e. The van der Waals surface area contributed by atoms with Crippen LogP contribution in [-0.4, -0.2) is 45.8 Å². The lowest BCUT2D eigenvalue weighted by atomic mass is 10.0. The lowest BCUT2D eigenvalue weighted by molar-refractivity contribution is -0.137. The highest BCUT2D eigenvalue weighted by molar-refractivity contribution is 7.99. The van der Waals surface area contributed by atoms with Crippen LogP contribution in [0.2, 0.25) is 0 Å². The topological polar surface area (TPSA) is 87.8 Å². The van der Waals surface area contributed by atoms with Crippen LogP contribution in [0.1, 0.15) is 30.8 Å². The molecule has 1 aromatic heterocycles. The van der Waals surface area contributed by atoms with Gasteiger partial charge in [-0.3, -0.25) is 14.4 Å². The first kappa shape index (κ1) is 17.3. The highest BCUT2D eigenvalue weighted by Gasteiger charge is 2.43. The van der Waals surface area contributed by atoms with Gasteiger partial charge in [-0.25, -0.2) is 0 Å². The Kier molecular flexibility index (Phi) is 5.30. The molecule has 6 nitrogen and oxygen atoms in total. The summed E-state index contributed by atoms with van der Waals surface area (Å²) in [4.78, 5) is 38.1. The molecule has 1 unspecified atom stereocenters. The average Bonchev–Trinajstić information content (AvgIpc) is 3.08. The quantitative estimate of drug-likeness (QED) is 0.769. The molecule has 0 spiro atoms. The molecule has 0 bridgehead atoms. The van der Waals surface area contributed by atoms with Gasteiger partial charge in [-0.2, -0.15) is 0 Å². The zero-order valence-electron chi connectivity index (χ0n) is 13.2. The summed E-state index contributed by atoms with van der Waals surface area (Å²) in [5, 5.41) is 8.61. The summed E-state index contributed by atoms with van der Waals surface area (Å²) in [6.45, 7) is 4.39. The number of ketones is 1.